The number of urea groups is 1. The smallest absolute Gasteiger partial charge is 0.345 e. The fourth-order valence-corrected chi connectivity index (χ4v) is 1.22. The summed E-state index contributed by atoms with van der Waals surface area (Å²) in [6, 6.07) is -0.701. The SMILES string of the molecule is Cc1nnc(NC(=O)NOCC(=O)O)s1. The van der Waals surface area contributed by atoms with Gasteiger partial charge in [0.25, 0.3) is 0 Å². The zero-order valence-electron chi connectivity index (χ0n) is 7.68. The van der Waals surface area contributed by atoms with Crippen molar-refractivity contribution in [1.29, 1.82) is 0 Å². The topological polar surface area (TPSA) is 113 Å². The van der Waals surface area contributed by atoms with Crippen LogP contribution in [0, 0.1) is 6.92 Å². The molecule has 0 bridgehead atoms. The first kappa shape index (κ1) is 11.3. The second-order valence-corrected chi connectivity index (χ2v) is 3.55. The van der Waals surface area contributed by atoms with E-state index >= 15 is 0 Å². The molecule has 2 amide bonds. The summed E-state index contributed by atoms with van der Waals surface area (Å²) in [5.74, 6) is -1.18. The average Bonchev–Trinajstić information content (AvgIpc) is 2.50. The highest BCUT2D eigenvalue weighted by Crippen LogP contribution is 2.12. The van der Waals surface area contributed by atoms with Crippen molar-refractivity contribution in [1.82, 2.24) is 15.7 Å². The molecule has 0 aliphatic rings. The number of hydrogen-bond acceptors (Lipinski definition) is 6. The first-order valence-corrected chi connectivity index (χ1v) is 4.60. The lowest BCUT2D eigenvalue weighted by molar-refractivity contribution is -0.143. The van der Waals surface area contributed by atoms with Crippen molar-refractivity contribution in [3.63, 3.8) is 0 Å². The van der Waals surface area contributed by atoms with Crippen molar-refractivity contribution in [3.05, 3.63) is 5.01 Å². The van der Waals surface area contributed by atoms with Crippen LogP contribution in [0.15, 0.2) is 0 Å². The third kappa shape index (κ3) is 4.33. The number of nitrogens with one attached hydrogen (secondary N) is 2. The lowest BCUT2D eigenvalue weighted by atomic mass is 10.8. The van der Waals surface area contributed by atoms with E-state index in [-0.39, 0.29) is 0 Å². The molecule has 1 aromatic rings. The van der Waals surface area contributed by atoms with Gasteiger partial charge in [0, 0.05) is 0 Å². The summed E-state index contributed by atoms with van der Waals surface area (Å²) in [5.41, 5.74) is 1.88. The largest absolute Gasteiger partial charge is 0.479 e. The van der Waals surface area contributed by atoms with Crippen LogP contribution >= 0.6 is 11.3 Å². The number of anilines is 1. The van der Waals surface area contributed by atoms with Gasteiger partial charge in [0.1, 0.15) is 5.01 Å². The van der Waals surface area contributed by atoms with Crippen LogP contribution in [0.4, 0.5) is 9.93 Å². The van der Waals surface area contributed by atoms with Gasteiger partial charge in [-0.25, -0.2) is 15.1 Å². The molecule has 0 fully saturated rings. The second-order valence-electron chi connectivity index (χ2n) is 2.36. The Morgan fingerprint density at radius 1 is 1.53 bits per heavy atom. The van der Waals surface area contributed by atoms with E-state index in [0.717, 1.165) is 0 Å². The van der Waals surface area contributed by atoms with Gasteiger partial charge in [-0.05, 0) is 6.92 Å². The van der Waals surface area contributed by atoms with E-state index in [4.69, 9.17) is 5.11 Å². The summed E-state index contributed by atoms with van der Waals surface area (Å²) >= 11 is 1.19. The molecule has 1 rings (SSSR count). The summed E-state index contributed by atoms with van der Waals surface area (Å²) in [6.07, 6.45) is 0. The first-order valence-electron chi connectivity index (χ1n) is 3.78. The Bertz CT molecular complexity index is 366. The fourth-order valence-electron chi connectivity index (χ4n) is 0.633. The molecule has 0 aromatic carbocycles. The number of carbonyl (C=O) groups is 2. The van der Waals surface area contributed by atoms with Crippen LogP contribution in [0.2, 0.25) is 0 Å². The number of hydroxylamine groups is 1. The molecule has 0 saturated carbocycles. The summed E-state index contributed by atoms with van der Waals surface area (Å²) in [6.45, 7) is 1.13. The van der Waals surface area contributed by atoms with Crippen LogP contribution in [-0.4, -0.2) is 33.9 Å². The van der Waals surface area contributed by atoms with Crippen LogP contribution in [0.5, 0.6) is 0 Å². The van der Waals surface area contributed by atoms with Gasteiger partial charge in [0.15, 0.2) is 6.61 Å². The highest BCUT2D eigenvalue weighted by atomic mass is 32.1. The number of nitrogens with zero attached hydrogens (tertiary/aromatic N) is 2. The van der Waals surface area contributed by atoms with Crippen LogP contribution in [-0.2, 0) is 9.63 Å². The van der Waals surface area contributed by atoms with E-state index in [9.17, 15) is 9.59 Å². The van der Waals surface area contributed by atoms with E-state index in [0.29, 0.717) is 10.1 Å². The van der Waals surface area contributed by atoms with Gasteiger partial charge in [-0.1, -0.05) is 11.3 Å². The number of carboxylic acid groups (broad SMARTS) is 1. The Morgan fingerprint density at radius 2 is 2.27 bits per heavy atom. The second kappa shape index (κ2) is 5.22. The lowest BCUT2D eigenvalue weighted by Crippen LogP contribution is -2.30. The molecule has 0 aliphatic carbocycles. The highest BCUT2D eigenvalue weighted by Gasteiger charge is 2.06. The van der Waals surface area contributed by atoms with E-state index in [1.807, 2.05) is 5.48 Å². The predicted octanol–water partition coefficient (Wildman–Crippen LogP) is -0.0158. The molecule has 0 aliphatic heterocycles. The Hall–Kier alpha value is -1.74. The monoisotopic (exact) mass is 232 g/mol. The van der Waals surface area contributed by atoms with Gasteiger partial charge in [-0.2, -0.15) is 0 Å². The van der Waals surface area contributed by atoms with Gasteiger partial charge < -0.3 is 5.11 Å². The predicted molar refractivity (Wildman–Crippen MR) is 50.4 cm³/mol. The molecule has 1 aromatic heterocycles. The van der Waals surface area contributed by atoms with E-state index in [1.165, 1.54) is 11.3 Å². The van der Waals surface area contributed by atoms with Crippen LogP contribution in [0.1, 0.15) is 5.01 Å². The molecule has 0 atom stereocenters. The Kier molecular flexibility index (Phi) is 3.94. The Balaban J connectivity index is 2.27. The molecule has 0 spiro atoms. The first-order chi connectivity index (χ1) is 7.08. The van der Waals surface area contributed by atoms with Gasteiger partial charge >= 0.3 is 12.0 Å². The molecule has 0 saturated heterocycles. The minimum Gasteiger partial charge on any atom is -0.479 e. The van der Waals surface area contributed by atoms with Gasteiger partial charge in [-0.15, -0.1) is 10.2 Å². The molecular weight excluding hydrogens is 224 g/mol. The molecule has 3 N–H and O–H groups in total. The van der Waals surface area contributed by atoms with Crippen molar-refractivity contribution in [2.75, 3.05) is 11.9 Å². The number of carbonyl (C=O) groups excluding carboxylic acids is 1. The molecule has 0 unspecified atom stereocenters. The zero-order valence-corrected chi connectivity index (χ0v) is 8.50. The Morgan fingerprint density at radius 3 is 2.80 bits per heavy atom. The maximum Gasteiger partial charge on any atom is 0.345 e. The van der Waals surface area contributed by atoms with Crippen LogP contribution in [0.3, 0.4) is 0 Å². The Labute approximate surface area is 88.2 Å². The van der Waals surface area contributed by atoms with E-state index in [1.54, 1.807) is 6.92 Å². The maximum absolute atomic E-state index is 11.0. The molecule has 0 radical (unpaired) electrons. The minimum atomic E-state index is -1.18. The number of hydrogen-bond donors (Lipinski definition) is 3. The average molecular weight is 232 g/mol. The third-order valence-corrected chi connectivity index (χ3v) is 1.86. The van der Waals surface area contributed by atoms with Gasteiger partial charge in [0.2, 0.25) is 5.13 Å². The number of aliphatic carboxylic acids is 1. The molecule has 1 heterocycles. The van der Waals surface area contributed by atoms with Crippen molar-refractivity contribution >= 4 is 28.5 Å². The molecule has 82 valence electrons. The summed E-state index contributed by atoms with van der Waals surface area (Å²) in [7, 11) is 0. The third-order valence-electron chi connectivity index (χ3n) is 1.11. The van der Waals surface area contributed by atoms with Crippen LogP contribution in [0.25, 0.3) is 0 Å². The van der Waals surface area contributed by atoms with Gasteiger partial charge in [0.05, 0.1) is 0 Å². The molecule has 9 heteroatoms. The maximum atomic E-state index is 11.0. The van der Waals surface area contributed by atoms with Gasteiger partial charge in [-0.3, -0.25) is 10.2 Å². The summed E-state index contributed by atoms with van der Waals surface area (Å²) in [4.78, 5) is 25.4. The van der Waals surface area contributed by atoms with E-state index in [2.05, 4.69) is 20.4 Å². The standard InChI is InChI=1S/C6H8N4O4S/c1-3-8-9-6(15-3)7-5(13)10-14-2-4(11)12/h2H2,1H3,(H,11,12)(H2,7,9,10,13). The molecule has 8 nitrogen and oxygen atoms in total. The van der Waals surface area contributed by atoms with Crippen molar-refractivity contribution in [2.24, 2.45) is 0 Å². The minimum absolute atomic E-state index is 0.309. The summed E-state index contributed by atoms with van der Waals surface area (Å²) < 4.78 is 0. The number of amides is 2. The quantitative estimate of drug-likeness (QED) is 0.629. The molecule has 15 heavy (non-hydrogen) atoms. The number of rotatable bonds is 4. The lowest BCUT2D eigenvalue weighted by Gasteiger charge is -2.02. The molecular formula is C6H8N4O4S. The number of aryl methyl sites for hydroxylation is 1. The van der Waals surface area contributed by atoms with Crippen molar-refractivity contribution in [3.8, 4) is 0 Å². The van der Waals surface area contributed by atoms with Crippen molar-refractivity contribution in [2.45, 2.75) is 6.92 Å². The number of carboxylic acids is 1. The zero-order chi connectivity index (χ0) is 11.3. The normalized spacial score (nSPS) is 9.67. The fraction of sp³-hybridized carbons (Fsp3) is 0.333. The highest BCUT2D eigenvalue weighted by molar-refractivity contribution is 7.15. The van der Waals surface area contributed by atoms with E-state index < -0.39 is 18.6 Å². The summed E-state index contributed by atoms with van der Waals surface area (Å²) in [5, 5.41) is 18.8. The van der Waals surface area contributed by atoms with Crippen molar-refractivity contribution < 1.29 is 19.5 Å². The number of aromatic nitrogens is 2. The van der Waals surface area contributed by atoms with Crippen LogP contribution < -0.4 is 10.8 Å².